The topological polar surface area (TPSA) is 52.7 Å². The molecule has 0 bridgehead atoms. The fourth-order valence-electron chi connectivity index (χ4n) is 3.19. The summed E-state index contributed by atoms with van der Waals surface area (Å²) in [4.78, 5) is 27.6. The Morgan fingerprint density at radius 3 is 2.40 bits per heavy atom. The van der Waals surface area contributed by atoms with Crippen molar-refractivity contribution in [3.05, 3.63) is 0 Å². The summed E-state index contributed by atoms with van der Waals surface area (Å²) in [5.74, 6) is -0.0233. The lowest BCUT2D eigenvalue weighted by Gasteiger charge is -2.42. The molecule has 2 fully saturated rings. The van der Waals surface area contributed by atoms with Crippen molar-refractivity contribution < 1.29 is 9.59 Å². The van der Waals surface area contributed by atoms with Gasteiger partial charge in [0.05, 0.1) is 5.92 Å². The van der Waals surface area contributed by atoms with Crippen LogP contribution in [0.1, 0.15) is 39.0 Å². The number of rotatable bonds is 3. The quantitative estimate of drug-likeness (QED) is 0.834. The number of carbonyl (C=O) groups is 2. The first kappa shape index (κ1) is 15.3. The van der Waals surface area contributed by atoms with Gasteiger partial charge >= 0.3 is 0 Å². The highest BCUT2D eigenvalue weighted by Gasteiger charge is 2.36. The summed E-state index contributed by atoms with van der Waals surface area (Å²) < 4.78 is 0. The van der Waals surface area contributed by atoms with Crippen molar-refractivity contribution in [3.8, 4) is 0 Å². The number of carbonyl (C=O) groups excluding carboxylic acids is 2. The molecule has 0 aromatic rings. The Labute approximate surface area is 121 Å². The van der Waals surface area contributed by atoms with Crippen molar-refractivity contribution in [1.29, 1.82) is 0 Å². The molecule has 1 atom stereocenters. The molecule has 1 aliphatic heterocycles. The third kappa shape index (κ3) is 3.14. The summed E-state index contributed by atoms with van der Waals surface area (Å²) in [5.41, 5.74) is 0.255. The maximum absolute atomic E-state index is 12.2. The van der Waals surface area contributed by atoms with Crippen molar-refractivity contribution in [1.82, 2.24) is 15.1 Å². The molecule has 2 rings (SSSR count). The number of likely N-dealkylation sites (tertiary alicyclic amines) is 1. The molecule has 0 radical (unpaired) electrons. The first-order chi connectivity index (χ1) is 9.32. The molecule has 5 nitrogen and oxygen atoms in total. The summed E-state index contributed by atoms with van der Waals surface area (Å²) in [6, 6.07) is 0.275. The molecule has 1 heterocycles. The van der Waals surface area contributed by atoms with Gasteiger partial charge in [-0.05, 0) is 46.7 Å². The zero-order chi connectivity index (χ0) is 14.9. The number of nitrogens with zero attached hydrogens (tertiary/aromatic N) is 2. The van der Waals surface area contributed by atoms with E-state index in [1.54, 1.807) is 11.9 Å². The lowest BCUT2D eigenvalue weighted by Crippen LogP contribution is -2.49. The van der Waals surface area contributed by atoms with Gasteiger partial charge in [-0.15, -0.1) is 0 Å². The van der Waals surface area contributed by atoms with E-state index in [9.17, 15) is 9.59 Å². The van der Waals surface area contributed by atoms with Crippen LogP contribution in [0.3, 0.4) is 0 Å². The lowest BCUT2D eigenvalue weighted by atomic mass is 9.80. The molecule has 1 saturated carbocycles. The highest BCUT2D eigenvalue weighted by molar-refractivity contribution is 5.89. The summed E-state index contributed by atoms with van der Waals surface area (Å²) in [5, 5.41) is 3.14. The average Bonchev–Trinajstić information content (AvgIpc) is 2.72. The van der Waals surface area contributed by atoms with Gasteiger partial charge in [-0.1, -0.05) is 0 Å². The number of hydrogen-bond acceptors (Lipinski definition) is 3. The Morgan fingerprint density at radius 2 is 1.95 bits per heavy atom. The van der Waals surface area contributed by atoms with Crippen molar-refractivity contribution in [2.24, 2.45) is 5.92 Å². The zero-order valence-corrected chi connectivity index (χ0v) is 13.1. The van der Waals surface area contributed by atoms with Crippen molar-refractivity contribution in [3.63, 3.8) is 0 Å². The van der Waals surface area contributed by atoms with E-state index in [1.807, 2.05) is 0 Å². The van der Waals surface area contributed by atoms with Crippen molar-refractivity contribution in [2.45, 2.75) is 50.6 Å². The smallest absolute Gasteiger partial charge is 0.225 e. The molecule has 5 heteroatoms. The summed E-state index contributed by atoms with van der Waals surface area (Å²) in [7, 11) is 6.01. The molecule has 1 aliphatic carbocycles. The van der Waals surface area contributed by atoms with E-state index in [-0.39, 0.29) is 29.3 Å². The van der Waals surface area contributed by atoms with Crippen LogP contribution < -0.4 is 5.32 Å². The molecular formula is C15H27N3O2. The van der Waals surface area contributed by atoms with Crippen LogP contribution in [0.4, 0.5) is 0 Å². The van der Waals surface area contributed by atoms with E-state index in [0.717, 1.165) is 25.7 Å². The second-order valence-electron chi connectivity index (χ2n) is 6.85. The molecule has 2 amide bonds. The molecule has 0 spiro atoms. The van der Waals surface area contributed by atoms with Crippen molar-refractivity contribution in [2.75, 3.05) is 27.7 Å². The normalized spacial score (nSPS) is 34.6. The minimum atomic E-state index is -0.158. The van der Waals surface area contributed by atoms with Gasteiger partial charge in [0.2, 0.25) is 11.8 Å². The van der Waals surface area contributed by atoms with Gasteiger partial charge in [0.15, 0.2) is 0 Å². The van der Waals surface area contributed by atoms with E-state index in [0.29, 0.717) is 13.0 Å². The van der Waals surface area contributed by atoms with E-state index in [1.165, 1.54) is 0 Å². The Morgan fingerprint density at radius 1 is 1.35 bits per heavy atom. The Kier molecular flexibility index (Phi) is 4.37. The number of amides is 2. The standard InChI is InChI=1S/C15H27N3O2/c1-15(17(2)3)7-5-12(6-8-15)16-14(20)11-9-13(19)18(4)10-11/h11-12H,5-10H2,1-4H3,(H,16,20). The highest BCUT2D eigenvalue weighted by Crippen LogP contribution is 2.32. The molecule has 114 valence electrons. The second-order valence-corrected chi connectivity index (χ2v) is 6.85. The molecule has 1 saturated heterocycles. The molecule has 2 aliphatic rings. The molecule has 0 aromatic carbocycles. The van der Waals surface area contributed by atoms with Gasteiger partial charge in [0.25, 0.3) is 0 Å². The summed E-state index contributed by atoms with van der Waals surface area (Å²) in [6.45, 7) is 2.85. The van der Waals surface area contributed by atoms with Crippen LogP contribution in [0.25, 0.3) is 0 Å². The van der Waals surface area contributed by atoms with Crippen LogP contribution in [-0.2, 0) is 9.59 Å². The van der Waals surface area contributed by atoms with Crippen LogP contribution in [0.15, 0.2) is 0 Å². The van der Waals surface area contributed by atoms with E-state index < -0.39 is 0 Å². The molecule has 0 aromatic heterocycles. The van der Waals surface area contributed by atoms with E-state index in [4.69, 9.17) is 0 Å². The van der Waals surface area contributed by atoms with Crippen LogP contribution >= 0.6 is 0 Å². The Hall–Kier alpha value is -1.10. The van der Waals surface area contributed by atoms with Crippen LogP contribution in [0.2, 0.25) is 0 Å². The highest BCUT2D eigenvalue weighted by atomic mass is 16.2. The maximum atomic E-state index is 12.2. The summed E-state index contributed by atoms with van der Waals surface area (Å²) >= 11 is 0. The number of nitrogens with one attached hydrogen (secondary N) is 1. The third-order valence-corrected chi connectivity index (χ3v) is 5.20. The maximum Gasteiger partial charge on any atom is 0.225 e. The summed E-state index contributed by atoms with van der Waals surface area (Å²) in [6.07, 6.45) is 4.63. The molecule has 1 N–H and O–H groups in total. The zero-order valence-electron chi connectivity index (χ0n) is 13.1. The molecule has 1 unspecified atom stereocenters. The van der Waals surface area contributed by atoms with E-state index in [2.05, 4.69) is 31.2 Å². The van der Waals surface area contributed by atoms with Crippen molar-refractivity contribution >= 4 is 11.8 Å². The molecular weight excluding hydrogens is 254 g/mol. The SMILES string of the molecule is CN1CC(C(=O)NC2CCC(C)(N(C)C)CC2)CC1=O. The van der Waals surface area contributed by atoms with Gasteiger partial charge in [0, 0.05) is 31.6 Å². The van der Waals surface area contributed by atoms with Gasteiger partial charge in [-0.3, -0.25) is 9.59 Å². The third-order valence-electron chi connectivity index (χ3n) is 5.20. The van der Waals surface area contributed by atoms with E-state index >= 15 is 0 Å². The monoisotopic (exact) mass is 281 g/mol. The average molecular weight is 281 g/mol. The number of hydrogen-bond donors (Lipinski definition) is 1. The first-order valence-corrected chi connectivity index (χ1v) is 7.53. The minimum absolute atomic E-state index is 0.0566. The first-order valence-electron chi connectivity index (χ1n) is 7.53. The van der Waals surface area contributed by atoms with Crippen LogP contribution in [0.5, 0.6) is 0 Å². The Bertz CT molecular complexity index is 387. The minimum Gasteiger partial charge on any atom is -0.353 e. The van der Waals surface area contributed by atoms with Gasteiger partial charge in [-0.2, -0.15) is 0 Å². The fourth-order valence-corrected chi connectivity index (χ4v) is 3.19. The van der Waals surface area contributed by atoms with Gasteiger partial charge in [0.1, 0.15) is 0 Å². The predicted octanol–water partition coefficient (Wildman–Crippen LogP) is 0.844. The molecule has 20 heavy (non-hydrogen) atoms. The Balaban J connectivity index is 1.81. The van der Waals surface area contributed by atoms with Crippen LogP contribution in [-0.4, -0.2) is 60.9 Å². The van der Waals surface area contributed by atoms with Gasteiger partial charge < -0.3 is 15.1 Å². The predicted molar refractivity (Wildman–Crippen MR) is 78.2 cm³/mol. The lowest BCUT2D eigenvalue weighted by molar-refractivity contribution is -0.128. The van der Waals surface area contributed by atoms with Gasteiger partial charge in [-0.25, -0.2) is 0 Å². The fraction of sp³-hybridized carbons (Fsp3) is 0.867. The van der Waals surface area contributed by atoms with Crippen LogP contribution in [0, 0.1) is 5.92 Å². The largest absolute Gasteiger partial charge is 0.353 e. The second kappa shape index (κ2) is 5.72.